The Kier molecular flexibility index (Phi) is 6.62. The van der Waals surface area contributed by atoms with Crippen molar-refractivity contribution in [1.82, 2.24) is 14.9 Å². The van der Waals surface area contributed by atoms with Gasteiger partial charge in [0.05, 0.1) is 29.8 Å². The first-order valence-corrected chi connectivity index (χ1v) is 11.7. The van der Waals surface area contributed by atoms with Crippen molar-refractivity contribution < 1.29 is 14.3 Å². The molecule has 1 aliphatic heterocycles. The molecule has 4 rings (SSSR count). The third-order valence-electron chi connectivity index (χ3n) is 5.80. The Morgan fingerprint density at radius 2 is 2.06 bits per heavy atom. The van der Waals surface area contributed by atoms with E-state index in [4.69, 9.17) is 21.3 Å². The van der Waals surface area contributed by atoms with Crippen LogP contribution in [0.2, 0.25) is 5.02 Å². The highest BCUT2D eigenvalue weighted by Crippen LogP contribution is 2.30. The van der Waals surface area contributed by atoms with Gasteiger partial charge in [0.25, 0.3) is 11.5 Å². The van der Waals surface area contributed by atoms with Gasteiger partial charge >= 0.3 is 5.97 Å². The first-order valence-electron chi connectivity index (χ1n) is 10.6. The smallest absolute Gasteiger partial charge is 0.307 e. The largest absolute Gasteiger partial charge is 0.469 e. The second kappa shape index (κ2) is 9.42. The quantitative estimate of drug-likeness (QED) is 0.561. The highest BCUT2D eigenvalue weighted by atomic mass is 35.5. The highest BCUT2D eigenvalue weighted by molar-refractivity contribution is 7.20. The summed E-state index contributed by atoms with van der Waals surface area (Å²) in [7, 11) is 1.30. The minimum atomic E-state index is -0.668. The van der Waals surface area contributed by atoms with Gasteiger partial charge in [-0.05, 0) is 37.0 Å². The lowest BCUT2D eigenvalue weighted by Gasteiger charge is -2.19. The van der Waals surface area contributed by atoms with E-state index in [0.717, 1.165) is 31.5 Å². The Hall–Kier alpha value is -2.71. The zero-order valence-electron chi connectivity index (χ0n) is 17.9. The van der Waals surface area contributed by atoms with Crippen LogP contribution in [0.1, 0.15) is 58.3 Å². The number of amides is 1. The maximum Gasteiger partial charge on any atom is 0.307 e. The number of aromatic nitrogens is 2. The van der Waals surface area contributed by atoms with Gasteiger partial charge < -0.3 is 10.1 Å². The molecule has 9 heteroatoms. The number of carbonyl (C=O) groups is 2. The SMILES string of the molecule is COC(=O)CC(NC(=O)c1sc2nc3n(c(=O)c2c1C)CCCCC3)c1ccccc1Cl. The molecule has 1 amide bonds. The van der Waals surface area contributed by atoms with Gasteiger partial charge in [-0.15, -0.1) is 11.3 Å². The van der Waals surface area contributed by atoms with Crippen molar-refractivity contribution in [3.05, 3.63) is 61.5 Å². The van der Waals surface area contributed by atoms with E-state index >= 15 is 0 Å². The maximum atomic E-state index is 13.3. The number of ether oxygens (including phenoxy) is 1. The van der Waals surface area contributed by atoms with Crippen molar-refractivity contribution in [1.29, 1.82) is 0 Å². The molecule has 1 atom stereocenters. The van der Waals surface area contributed by atoms with E-state index in [0.29, 0.717) is 37.8 Å². The summed E-state index contributed by atoms with van der Waals surface area (Å²) >= 11 is 7.53. The van der Waals surface area contributed by atoms with Gasteiger partial charge in [-0.2, -0.15) is 0 Å². The van der Waals surface area contributed by atoms with E-state index < -0.39 is 12.0 Å². The number of hydrogen-bond acceptors (Lipinski definition) is 6. The molecule has 168 valence electrons. The number of halogens is 1. The Bertz CT molecular complexity index is 1250. The van der Waals surface area contributed by atoms with Crippen LogP contribution in [-0.4, -0.2) is 28.5 Å². The van der Waals surface area contributed by atoms with E-state index in [1.807, 2.05) is 0 Å². The average Bonchev–Trinajstić information content (AvgIpc) is 2.94. The van der Waals surface area contributed by atoms with E-state index in [9.17, 15) is 14.4 Å². The second-order valence-corrected chi connectivity index (χ2v) is 9.27. The Morgan fingerprint density at radius 3 is 2.81 bits per heavy atom. The topological polar surface area (TPSA) is 90.3 Å². The van der Waals surface area contributed by atoms with Crippen LogP contribution in [0.25, 0.3) is 10.2 Å². The van der Waals surface area contributed by atoms with Gasteiger partial charge in [-0.25, -0.2) is 4.98 Å². The summed E-state index contributed by atoms with van der Waals surface area (Å²) in [5.41, 5.74) is 1.14. The maximum absolute atomic E-state index is 13.3. The molecule has 2 aromatic heterocycles. The second-order valence-electron chi connectivity index (χ2n) is 7.86. The molecule has 0 aliphatic carbocycles. The van der Waals surface area contributed by atoms with Crippen LogP contribution in [0.3, 0.4) is 0 Å². The molecule has 1 N–H and O–H groups in total. The van der Waals surface area contributed by atoms with Crippen LogP contribution in [0, 0.1) is 6.92 Å². The molecule has 0 radical (unpaired) electrons. The number of aryl methyl sites for hydroxylation is 2. The van der Waals surface area contributed by atoms with Gasteiger partial charge in [-0.3, -0.25) is 19.0 Å². The minimum Gasteiger partial charge on any atom is -0.469 e. The number of methoxy groups -OCH3 is 1. The van der Waals surface area contributed by atoms with Crippen LogP contribution in [0.5, 0.6) is 0 Å². The Balaban J connectivity index is 1.71. The van der Waals surface area contributed by atoms with E-state index in [1.54, 1.807) is 35.8 Å². The fourth-order valence-electron chi connectivity index (χ4n) is 4.10. The van der Waals surface area contributed by atoms with Crippen molar-refractivity contribution in [3.8, 4) is 0 Å². The van der Waals surface area contributed by atoms with Crippen molar-refractivity contribution in [2.24, 2.45) is 0 Å². The molecule has 0 bridgehead atoms. The standard InChI is InChI=1S/C23H24ClN3O4S/c1-13-19-22(26-17-10-4-3-7-11-27(17)23(19)30)32-20(13)21(29)25-16(12-18(28)31-2)14-8-5-6-9-15(14)24/h5-6,8-9,16H,3-4,7,10-12H2,1-2H3,(H,25,29). The first-order chi connectivity index (χ1) is 15.4. The number of benzene rings is 1. The van der Waals surface area contributed by atoms with Gasteiger partial charge in [0.1, 0.15) is 10.7 Å². The third kappa shape index (κ3) is 4.29. The highest BCUT2D eigenvalue weighted by Gasteiger charge is 2.26. The molecule has 1 unspecified atom stereocenters. The van der Waals surface area contributed by atoms with Gasteiger partial charge in [-0.1, -0.05) is 36.2 Å². The lowest BCUT2D eigenvalue weighted by atomic mass is 10.0. The molecular formula is C23H24ClN3O4S. The van der Waals surface area contributed by atoms with Crippen molar-refractivity contribution in [2.75, 3.05) is 7.11 Å². The van der Waals surface area contributed by atoms with E-state index in [-0.39, 0.29) is 17.9 Å². The molecular weight excluding hydrogens is 450 g/mol. The van der Waals surface area contributed by atoms with Crippen LogP contribution >= 0.6 is 22.9 Å². The fourth-order valence-corrected chi connectivity index (χ4v) is 5.46. The van der Waals surface area contributed by atoms with Crippen LogP contribution < -0.4 is 10.9 Å². The molecule has 0 saturated heterocycles. The lowest BCUT2D eigenvalue weighted by Crippen LogP contribution is -2.30. The minimum absolute atomic E-state index is 0.0644. The average molecular weight is 474 g/mol. The number of nitrogens with zero attached hydrogens (tertiary/aromatic N) is 2. The molecule has 1 aliphatic rings. The van der Waals surface area contributed by atoms with Crippen LogP contribution in [0.15, 0.2) is 29.1 Å². The summed E-state index contributed by atoms with van der Waals surface area (Å²) < 4.78 is 6.55. The zero-order valence-corrected chi connectivity index (χ0v) is 19.5. The summed E-state index contributed by atoms with van der Waals surface area (Å²) in [6.07, 6.45) is 3.72. The normalized spacial score (nSPS) is 14.5. The number of carbonyl (C=O) groups excluding carboxylic acids is 2. The molecule has 32 heavy (non-hydrogen) atoms. The summed E-state index contributed by atoms with van der Waals surface area (Å²) in [5.74, 6) is -0.0568. The third-order valence-corrected chi connectivity index (χ3v) is 7.33. The van der Waals surface area contributed by atoms with Crippen molar-refractivity contribution >= 4 is 45.0 Å². The van der Waals surface area contributed by atoms with Crippen LogP contribution in [0.4, 0.5) is 0 Å². The summed E-state index contributed by atoms with van der Waals surface area (Å²) in [6, 6.07) is 6.37. The first kappa shape index (κ1) is 22.5. The van der Waals surface area contributed by atoms with Crippen LogP contribution in [-0.2, 0) is 22.5 Å². The number of rotatable bonds is 5. The number of hydrogen-bond donors (Lipinski definition) is 1. The molecule has 0 saturated carbocycles. The Morgan fingerprint density at radius 1 is 1.28 bits per heavy atom. The molecule has 3 aromatic rings. The molecule has 0 fully saturated rings. The number of esters is 1. The van der Waals surface area contributed by atoms with Crippen molar-refractivity contribution in [3.63, 3.8) is 0 Å². The zero-order chi connectivity index (χ0) is 22.8. The monoisotopic (exact) mass is 473 g/mol. The Labute approximate surface area is 194 Å². The number of thiophene rings is 1. The molecule has 7 nitrogen and oxygen atoms in total. The van der Waals surface area contributed by atoms with Gasteiger partial charge in [0.2, 0.25) is 0 Å². The fraction of sp³-hybridized carbons (Fsp3) is 0.391. The van der Waals surface area contributed by atoms with E-state index in [2.05, 4.69) is 5.32 Å². The molecule has 0 spiro atoms. The van der Waals surface area contributed by atoms with E-state index in [1.165, 1.54) is 18.4 Å². The predicted octanol–water partition coefficient (Wildman–Crippen LogP) is 4.18. The van der Waals surface area contributed by atoms with Crippen molar-refractivity contribution in [2.45, 2.75) is 51.6 Å². The summed E-state index contributed by atoms with van der Waals surface area (Å²) in [6.45, 7) is 2.42. The van der Waals surface area contributed by atoms with Gasteiger partial charge in [0, 0.05) is 18.0 Å². The van der Waals surface area contributed by atoms with Gasteiger partial charge in [0.15, 0.2) is 0 Å². The molecule has 1 aromatic carbocycles. The summed E-state index contributed by atoms with van der Waals surface area (Å²) in [5, 5.41) is 3.84. The number of nitrogens with one attached hydrogen (secondary N) is 1. The predicted molar refractivity (Wildman–Crippen MR) is 124 cm³/mol. The number of fused-ring (bicyclic) bond motifs is 2. The molecule has 3 heterocycles. The lowest BCUT2D eigenvalue weighted by molar-refractivity contribution is -0.141. The summed E-state index contributed by atoms with van der Waals surface area (Å²) in [4.78, 5) is 44.1.